The second-order valence-corrected chi connectivity index (χ2v) is 9.81. The monoisotopic (exact) mass is 566 g/mol. The summed E-state index contributed by atoms with van der Waals surface area (Å²) in [5.41, 5.74) is 5.36. The van der Waals surface area contributed by atoms with Crippen LogP contribution in [0.3, 0.4) is 0 Å². The van der Waals surface area contributed by atoms with Crippen LogP contribution in [-0.4, -0.2) is 28.6 Å². The number of rotatable bonds is 13. The Morgan fingerprint density at radius 2 is 1.50 bits per heavy atom. The van der Waals surface area contributed by atoms with Gasteiger partial charge in [0.25, 0.3) is 0 Å². The summed E-state index contributed by atoms with van der Waals surface area (Å²) in [7, 11) is 1.57. The van der Waals surface area contributed by atoms with Crippen molar-refractivity contribution in [2.24, 2.45) is 0 Å². The van der Waals surface area contributed by atoms with Crippen molar-refractivity contribution >= 4 is 0 Å². The van der Waals surface area contributed by atoms with Crippen LogP contribution < -0.4 is 15.2 Å². The van der Waals surface area contributed by atoms with Crippen LogP contribution in [0.15, 0.2) is 100 Å². The Hall–Kier alpha value is -4.82. The van der Waals surface area contributed by atoms with Crippen LogP contribution in [0.1, 0.15) is 35.1 Å². The molecule has 0 radical (unpaired) electrons. The van der Waals surface area contributed by atoms with E-state index in [0.29, 0.717) is 37.7 Å². The molecular formula is C34H34N2O6. The molecule has 0 aliphatic heterocycles. The van der Waals surface area contributed by atoms with Gasteiger partial charge in [-0.1, -0.05) is 79.7 Å². The minimum atomic E-state index is -0.545. The number of hydrogen-bond acceptors (Lipinski definition) is 7. The zero-order valence-corrected chi connectivity index (χ0v) is 23.8. The third-order valence-corrected chi connectivity index (χ3v) is 6.92. The molecule has 0 bridgehead atoms. The van der Waals surface area contributed by atoms with E-state index < -0.39 is 5.76 Å². The summed E-state index contributed by atoms with van der Waals surface area (Å²) < 4.78 is 24.8. The molecule has 0 aliphatic carbocycles. The van der Waals surface area contributed by atoms with Gasteiger partial charge in [0.1, 0.15) is 30.5 Å². The number of phenolic OH excluding ortho intramolecular Hbond substituents is 1. The molecule has 0 amide bonds. The lowest BCUT2D eigenvalue weighted by atomic mass is 9.90. The van der Waals surface area contributed by atoms with Gasteiger partial charge in [0.05, 0.1) is 19.6 Å². The fourth-order valence-electron chi connectivity index (χ4n) is 4.89. The number of methoxy groups -OCH3 is 1. The highest BCUT2D eigenvalue weighted by atomic mass is 16.5. The van der Waals surface area contributed by atoms with Crippen molar-refractivity contribution in [2.75, 3.05) is 13.7 Å². The highest BCUT2D eigenvalue weighted by Gasteiger charge is 2.24. The van der Waals surface area contributed by atoms with Gasteiger partial charge in [0.2, 0.25) is 5.89 Å². The van der Waals surface area contributed by atoms with Crippen molar-refractivity contribution < 1.29 is 23.7 Å². The Kier molecular flexibility index (Phi) is 9.36. The predicted molar refractivity (Wildman–Crippen MR) is 160 cm³/mol. The van der Waals surface area contributed by atoms with Crippen LogP contribution >= 0.6 is 0 Å². The molecular weight excluding hydrogens is 532 g/mol. The topological polar surface area (TPSA) is 96.0 Å². The quantitative estimate of drug-likeness (QED) is 0.182. The Morgan fingerprint density at radius 1 is 0.833 bits per heavy atom. The molecule has 5 rings (SSSR count). The molecule has 8 nitrogen and oxygen atoms in total. The van der Waals surface area contributed by atoms with Gasteiger partial charge in [-0.2, -0.15) is 4.68 Å². The van der Waals surface area contributed by atoms with Gasteiger partial charge >= 0.3 is 5.76 Å². The van der Waals surface area contributed by atoms with E-state index in [1.807, 2.05) is 72.8 Å². The molecule has 0 unspecified atom stereocenters. The molecule has 1 aromatic heterocycles. The van der Waals surface area contributed by atoms with Crippen molar-refractivity contribution in [2.45, 2.75) is 39.5 Å². The fraction of sp³-hybridized carbons (Fsp3) is 0.235. The molecule has 1 heterocycles. The molecule has 0 atom stereocenters. The van der Waals surface area contributed by atoms with E-state index in [0.717, 1.165) is 33.4 Å². The van der Waals surface area contributed by atoms with Crippen LogP contribution in [0.4, 0.5) is 0 Å². The third-order valence-electron chi connectivity index (χ3n) is 6.92. The zero-order valence-electron chi connectivity index (χ0n) is 23.8. The maximum atomic E-state index is 12.5. The van der Waals surface area contributed by atoms with Crippen LogP contribution in [0, 0.1) is 0 Å². The first-order valence-corrected chi connectivity index (χ1v) is 13.9. The largest absolute Gasteiger partial charge is 0.508 e. The number of phenols is 1. The second kappa shape index (κ2) is 13.7. The lowest BCUT2D eigenvalue weighted by Crippen LogP contribution is -2.18. The minimum Gasteiger partial charge on any atom is -0.508 e. The van der Waals surface area contributed by atoms with Crippen LogP contribution in [0.25, 0.3) is 11.1 Å². The van der Waals surface area contributed by atoms with Gasteiger partial charge in [-0.25, -0.2) is 4.79 Å². The van der Waals surface area contributed by atoms with Gasteiger partial charge in [-0.3, -0.25) is 0 Å². The number of aromatic nitrogens is 2. The maximum absolute atomic E-state index is 12.5. The van der Waals surface area contributed by atoms with Gasteiger partial charge in [-0.05, 0) is 46.4 Å². The average Bonchev–Trinajstić information content (AvgIpc) is 3.37. The molecule has 8 heteroatoms. The number of ether oxygens (including phenoxy) is 3. The summed E-state index contributed by atoms with van der Waals surface area (Å²) in [6, 6.07) is 28.8. The third kappa shape index (κ3) is 6.90. The first-order chi connectivity index (χ1) is 20.6. The van der Waals surface area contributed by atoms with Crippen LogP contribution in [-0.2, 0) is 37.3 Å². The van der Waals surface area contributed by atoms with Crippen molar-refractivity contribution in [3.8, 4) is 28.4 Å². The number of aromatic hydroxyl groups is 1. The molecule has 42 heavy (non-hydrogen) atoms. The van der Waals surface area contributed by atoms with E-state index in [1.54, 1.807) is 25.3 Å². The number of hydrogen-bond donors (Lipinski definition) is 1. The van der Waals surface area contributed by atoms with Crippen molar-refractivity contribution in [1.82, 2.24) is 9.78 Å². The van der Waals surface area contributed by atoms with E-state index in [4.69, 9.17) is 18.6 Å². The standard InChI is InChI=1S/C34H34N2O6/c1-3-28-29(20-32-35-36(17-18-39-2)34(38)42-32)33(26-15-10-16-27(37)19-26)31(41-23-25-13-8-5-9-14-25)21-30(28)40-22-24-11-6-4-7-12-24/h4-16,19,21,37H,3,17-18,20,22-23H2,1-2H3. The van der Waals surface area contributed by atoms with Gasteiger partial charge in [0.15, 0.2) is 0 Å². The Labute approximate surface area is 244 Å². The zero-order chi connectivity index (χ0) is 29.3. The van der Waals surface area contributed by atoms with Crippen molar-refractivity contribution in [3.63, 3.8) is 0 Å². The second-order valence-electron chi connectivity index (χ2n) is 9.81. The smallest absolute Gasteiger partial charge is 0.437 e. The SMILES string of the molecule is CCc1c(OCc2ccccc2)cc(OCc2ccccc2)c(-c2cccc(O)c2)c1Cc1nn(CCOC)c(=O)o1. The summed E-state index contributed by atoms with van der Waals surface area (Å²) in [6.45, 7) is 3.37. The molecule has 216 valence electrons. The lowest BCUT2D eigenvalue weighted by molar-refractivity contribution is 0.181. The summed E-state index contributed by atoms with van der Waals surface area (Å²) in [5, 5.41) is 14.9. The van der Waals surface area contributed by atoms with Gasteiger partial charge < -0.3 is 23.7 Å². The first-order valence-electron chi connectivity index (χ1n) is 13.9. The van der Waals surface area contributed by atoms with E-state index in [2.05, 4.69) is 12.0 Å². The number of nitrogens with zero attached hydrogens (tertiary/aromatic N) is 2. The Bertz CT molecular complexity index is 1660. The van der Waals surface area contributed by atoms with Crippen molar-refractivity contribution in [3.05, 3.63) is 130 Å². The van der Waals surface area contributed by atoms with E-state index in [-0.39, 0.29) is 24.6 Å². The molecule has 0 fully saturated rings. The average molecular weight is 567 g/mol. The summed E-state index contributed by atoms with van der Waals surface area (Å²) in [5.74, 6) is 1.10. The van der Waals surface area contributed by atoms with Crippen LogP contribution in [0.2, 0.25) is 0 Å². The minimum absolute atomic E-state index is 0.130. The Balaban J connectivity index is 1.65. The molecule has 0 spiro atoms. The molecule has 5 aromatic rings. The molecule has 0 aliphatic rings. The molecule has 0 saturated heterocycles. The van der Waals surface area contributed by atoms with Gasteiger partial charge in [-0.15, -0.1) is 5.10 Å². The Morgan fingerprint density at radius 3 is 2.12 bits per heavy atom. The first kappa shape index (κ1) is 28.7. The fourth-order valence-corrected chi connectivity index (χ4v) is 4.89. The predicted octanol–water partition coefficient (Wildman–Crippen LogP) is 6.17. The normalized spacial score (nSPS) is 11.0. The van der Waals surface area contributed by atoms with Gasteiger partial charge in [0, 0.05) is 18.7 Å². The van der Waals surface area contributed by atoms with E-state index in [1.165, 1.54) is 4.68 Å². The summed E-state index contributed by atoms with van der Waals surface area (Å²) in [4.78, 5) is 12.5. The summed E-state index contributed by atoms with van der Waals surface area (Å²) in [6.07, 6.45) is 0.854. The molecule has 1 N–H and O–H groups in total. The highest BCUT2D eigenvalue weighted by Crippen LogP contribution is 2.43. The lowest BCUT2D eigenvalue weighted by Gasteiger charge is -2.22. The van der Waals surface area contributed by atoms with E-state index >= 15 is 0 Å². The number of benzene rings is 4. The highest BCUT2D eigenvalue weighted by molar-refractivity contribution is 5.78. The molecule has 0 saturated carbocycles. The summed E-state index contributed by atoms with van der Waals surface area (Å²) >= 11 is 0. The molecule has 4 aromatic carbocycles. The van der Waals surface area contributed by atoms with Crippen molar-refractivity contribution in [1.29, 1.82) is 0 Å². The van der Waals surface area contributed by atoms with E-state index in [9.17, 15) is 9.90 Å². The maximum Gasteiger partial charge on any atom is 0.437 e. The van der Waals surface area contributed by atoms with Crippen LogP contribution in [0.5, 0.6) is 17.2 Å².